The summed E-state index contributed by atoms with van der Waals surface area (Å²) >= 11 is 3.38. The number of nitro benzene ring substituents is 1. The lowest BCUT2D eigenvalue weighted by Crippen LogP contribution is -2.43. The van der Waals surface area contributed by atoms with E-state index in [1.54, 1.807) is 17.0 Å². The highest BCUT2D eigenvalue weighted by Gasteiger charge is 2.25. The SMILES string of the molecule is CC[C@@H](C)c1nc2ccc(Br)cc2c(=O)n1N=Cc1cc(OC)c(OCC(=O)N2CCOCC2)c([N+](=O)[O-])c1. The standard InChI is InChI=1S/C26H28BrN5O7/c1-4-16(2)25-29-20-6-5-18(27)13-19(20)26(34)31(25)28-14-17-11-21(32(35)36)24(22(12-17)37-3)39-15-23(33)30-7-9-38-10-8-30/h5-6,11-14,16H,4,7-10,15H2,1-3H3/t16-/m1/s1. The van der Waals surface area contributed by atoms with E-state index in [1.807, 2.05) is 19.9 Å². The highest BCUT2D eigenvalue weighted by molar-refractivity contribution is 9.10. The van der Waals surface area contributed by atoms with Gasteiger partial charge in [-0.3, -0.25) is 19.7 Å². The summed E-state index contributed by atoms with van der Waals surface area (Å²) in [5.41, 5.74) is 0.0775. The maximum Gasteiger partial charge on any atom is 0.315 e. The Morgan fingerprint density at radius 3 is 2.72 bits per heavy atom. The van der Waals surface area contributed by atoms with Crippen LogP contribution in [0.5, 0.6) is 11.5 Å². The fourth-order valence-electron chi connectivity index (χ4n) is 4.06. The number of halogens is 1. The smallest absolute Gasteiger partial charge is 0.315 e. The Kier molecular flexibility index (Phi) is 8.92. The number of hydrogen-bond donors (Lipinski definition) is 0. The number of methoxy groups -OCH3 is 1. The number of carbonyl (C=O) groups excluding carboxylic acids is 1. The molecule has 1 aromatic heterocycles. The Labute approximate surface area is 232 Å². The van der Waals surface area contributed by atoms with Crippen LogP contribution in [0.1, 0.15) is 37.6 Å². The molecule has 1 saturated heterocycles. The largest absolute Gasteiger partial charge is 0.493 e. The molecule has 206 valence electrons. The number of carbonyl (C=O) groups is 1. The number of amides is 1. The number of aromatic nitrogens is 2. The molecule has 1 amide bonds. The molecule has 0 saturated carbocycles. The van der Waals surface area contributed by atoms with Crippen molar-refractivity contribution in [1.82, 2.24) is 14.6 Å². The molecule has 1 fully saturated rings. The molecular formula is C26H28BrN5O7. The van der Waals surface area contributed by atoms with E-state index in [2.05, 4.69) is 26.0 Å². The van der Waals surface area contributed by atoms with Gasteiger partial charge in [0.15, 0.2) is 12.4 Å². The third kappa shape index (κ3) is 6.25. The molecule has 0 radical (unpaired) electrons. The minimum Gasteiger partial charge on any atom is -0.493 e. The van der Waals surface area contributed by atoms with Gasteiger partial charge >= 0.3 is 5.69 Å². The van der Waals surface area contributed by atoms with Crippen LogP contribution in [-0.4, -0.2) is 71.6 Å². The number of nitrogens with zero attached hydrogens (tertiary/aromatic N) is 5. The minimum absolute atomic E-state index is 0.0514. The Morgan fingerprint density at radius 2 is 2.05 bits per heavy atom. The van der Waals surface area contributed by atoms with E-state index in [0.717, 1.165) is 10.9 Å². The number of fused-ring (bicyclic) bond motifs is 1. The summed E-state index contributed by atoms with van der Waals surface area (Å²) in [7, 11) is 1.34. The molecule has 0 unspecified atom stereocenters. The average Bonchev–Trinajstić information content (AvgIpc) is 2.95. The van der Waals surface area contributed by atoms with Gasteiger partial charge < -0.3 is 19.1 Å². The summed E-state index contributed by atoms with van der Waals surface area (Å²) in [6, 6.07) is 7.99. The molecular weight excluding hydrogens is 574 g/mol. The predicted octanol–water partition coefficient (Wildman–Crippen LogP) is 3.71. The number of morpholine rings is 1. The lowest BCUT2D eigenvalue weighted by Gasteiger charge is -2.26. The molecule has 0 spiro atoms. The number of nitro groups is 1. The normalized spacial score (nSPS) is 14.5. The fraction of sp³-hybridized carbons (Fsp3) is 0.385. The van der Waals surface area contributed by atoms with Crippen LogP contribution in [0, 0.1) is 10.1 Å². The Bertz CT molecular complexity index is 1480. The highest BCUT2D eigenvalue weighted by atomic mass is 79.9. The summed E-state index contributed by atoms with van der Waals surface area (Å²) < 4.78 is 18.1. The summed E-state index contributed by atoms with van der Waals surface area (Å²) in [5.74, 6) is -0.0396. The Balaban J connectivity index is 1.70. The first kappa shape index (κ1) is 28.2. The maximum atomic E-state index is 13.4. The number of rotatable bonds is 9. The molecule has 12 nitrogen and oxygen atoms in total. The highest BCUT2D eigenvalue weighted by Crippen LogP contribution is 2.38. The van der Waals surface area contributed by atoms with Gasteiger partial charge in [0.1, 0.15) is 5.82 Å². The first-order valence-corrected chi connectivity index (χ1v) is 13.1. The molecule has 2 aromatic carbocycles. The van der Waals surface area contributed by atoms with Crippen LogP contribution in [-0.2, 0) is 9.53 Å². The van der Waals surface area contributed by atoms with Gasteiger partial charge in [-0.25, -0.2) is 4.98 Å². The van der Waals surface area contributed by atoms with Gasteiger partial charge in [0.25, 0.3) is 11.5 Å². The van der Waals surface area contributed by atoms with Gasteiger partial charge in [-0.2, -0.15) is 9.78 Å². The van der Waals surface area contributed by atoms with Crippen molar-refractivity contribution in [3.8, 4) is 11.5 Å². The summed E-state index contributed by atoms with van der Waals surface area (Å²) in [6.45, 7) is 5.23. The molecule has 13 heteroatoms. The second kappa shape index (κ2) is 12.3. The van der Waals surface area contributed by atoms with Crippen molar-refractivity contribution >= 4 is 44.6 Å². The van der Waals surface area contributed by atoms with Crippen molar-refractivity contribution in [1.29, 1.82) is 0 Å². The van der Waals surface area contributed by atoms with Crippen molar-refractivity contribution < 1.29 is 23.9 Å². The zero-order chi connectivity index (χ0) is 28.1. The van der Waals surface area contributed by atoms with Crippen molar-refractivity contribution in [2.24, 2.45) is 5.10 Å². The van der Waals surface area contributed by atoms with Crippen LogP contribution >= 0.6 is 15.9 Å². The Hall–Kier alpha value is -3.84. The lowest BCUT2D eigenvalue weighted by atomic mass is 10.1. The predicted molar refractivity (Wildman–Crippen MR) is 148 cm³/mol. The number of benzene rings is 2. The molecule has 1 atom stereocenters. The van der Waals surface area contributed by atoms with Crippen LogP contribution in [0.3, 0.4) is 0 Å². The van der Waals surface area contributed by atoms with E-state index in [4.69, 9.17) is 14.2 Å². The molecule has 0 N–H and O–H groups in total. The molecule has 2 heterocycles. The molecule has 39 heavy (non-hydrogen) atoms. The fourth-order valence-corrected chi connectivity index (χ4v) is 4.42. The van der Waals surface area contributed by atoms with Gasteiger partial charge in [-0.05, 0) is 30.7 Å². The molecule has 1 aliphatic heterocycles. The zero-order valence-electron chi connectivity index (χ0n) is 21.8. The van der Waals surface area contributed by atoms with Crippen LogP contribution in [0.25, 0.3) is 10.9 Å². The molecule has 1 aliphatic rings. The van der Waals surface area contributed by atoms with Crippen molar-refractivity contribution in [3.05, 3.63) is 66.7 Å². The quantitative estimate of drug-likeness (QED) is 0.205. The van der Waals surface area contributed by atoms with Gasteiger partial charge in [-0.15, -0.1) is 0 Å². The van der Waals surface area contributed by atoms with E-state index < -0.39 is 17.2 Å². The third-order valence-corrected chi connectivity index (χ3v) is 6.88. The average molecular weight is 602 g/mol. The monoisotopic (exact) mass is 601 g/mol. The molecule has 4 rings (SSSR count). The second-order valence-corrected chi connectivity index (χ2v) is 9.83. The summed E-state index contributed by atoms with van der Waals surface area (Å²) in [5, 5.41) is 16.7. The van der Waals surface area contributed by atoms with Crippen LogP contribution in [0.15, 0.2) is 44.7 Å². The summed E-state index contributed by atoms with van der Waals surface area (Å²) in [6.07, 6.45) is 2.05. The summed E-state index contributed by atoms with van der Waals surface area (Å²) in [4.78, 5) is 43.4. The molecule has 0 bridgehead atoms. The first-order chi connectivity index (χ1) is 18.7. The van der Waals surface area contributed by atoms with Gasteiger partial charge in [0.05, 0.1) is 42.4 Å². The van der Waals surface area contributed by atoms with Crippen LogP contribution in [0.2, 0.25) is 0 Å². The van der Waals surface area contributed by atoms with Crippen molar-refractivity contribution in [2.45, 2.75) is 26.2 Å². The van der Waals surface area contributed by atoms with E-state index in [1.165, 1.54) is 30.1 Å². The first-order valence-electron chi connectivity index (χ1n) is 12.3. The topological polar surface area (TPSA) is 138 Å². The lowest BCUT2D eigenvalue weighted by molar-refractivity contribution is -0.385. The van der Waals surface area contributed by atoms with Crippen molar-refractivity contribution in [3.63, 3.8) is 0 Å². The number of hydrogen-bond acceptors (Lipinski definition) is 9. The minimum atomic E-state index is -0.625. The third-order valence-electron chi connectivity index (χ3n) is 6.39. The van der Waals surface area contributed by atoms with Crippen LogP contribution < -0.4 is 15.0 Å². The van der Waals surface area contributed by atoms with Gasteiger partial charge in [0.2, 0.25) is 5.75 Å². The van der Waals surface area contributed by atoms with E-state index in [0.29, 0.717) is 48.6 Å². The molecule has 0 aliphatic carbocycles. The van der Waals surface area contributed by atoms with E-state index >= 15 is 0 Å². The molecule has 3 aromatic rings. The van der Waals surface area contributed by atoms with Crippen LogP contribution in [0.4, 0.5) is 5.69 Å². The van der Waals surface area contributed by atoms with Gasteiger partial charge in [-0.1, -0.05) is 29.8 Å². The maximum absolute atomic E-state index is 13.4. The number of ether oxygens (including phenoxy) is 3. The van der Waals surface area contributed by atoms with E-state index in [9.17, 15) is 19.7 Å². The van der Waals surface area contributed by atoms with E-state index in [-0.39, 0.29) is 28.9 Å². The van der Waals surface area contributed by atoms with Gasteiger partial charge in [0, 0.05) is 35.1 Å². The van der Waals surface area contributed by atoms with Crippen molar-refractivity contribution in [2.75, 3.05) is 40.0 Å². The Morgan fingerprint density at radius 1 is 1.31 bits per heavy atom. The zero-order valence-corrected chi connectivity index (χ0v) is 23.3. The second-order valence-electron chi connectivity index (χ2n) is 8.91.